The van der Waals surface area contributed by atoms with E-state index >= 15 is 0 Å². The predicted molar refractivity (Wildman–Crippen MR) is 87.8 cm³/mol. The summed E-state index contributed by atoms with van der Waals surface area (Å²) in [7, 11) is -3.21. The number of anilines is 1. The van der Waals surface area contributed by atoms with Crippen LogP contribution < -0.4 is 5.32 Å². The SMILES string of the molecule is Cc1cccc(NC(=O)Cc2ccc(S(C)(=O)=O)cc2)c1C. The molecule has 1 N–H and O–H groups in total. The van der Waals surface area contributed by atoms with Gasteiger partial charge in [0.05, 0.1) is 11.3 Å². The first-order chi connectivity index (χ1) is 10.3. The molecule has 0 atom stereocenters. The van der Waals surface area contributed by atoms with Crippen molar-refractivity contribution in [3.8, 4) is 0 Å². The highest BCUT2D eigenvalue weighted by molar-refractivity contribution is 7.90. The van der Waals surface area contributed by atoms with Crippen LogP contribution in [0.5, 0.6) is 0 Å². The van der Waals surface area contributed by atoms with Gasteiger partial charge < -0.3 is 5.32 Å². The second kappa shape index (κ2) is 6.32. The van der Waals surface area contributed by atoms with Crippen LogP contribution in [-0.4, -0.2) is 20.6 Å². The molecule has 0 radical (unpaired) electrons. The third-order valence-electron chi connectivity index (χ3n) is 3.59. The van der Waals surface area contributed by atoms with Crippen molar-refractivity contribution in [1.82, 2.24) is 0 Å². The maximum atomic E-state index is 12.1. The lowest BCUT2D eigenvalue weighted by atomic mass is 10.1. The highest BCUT2D eigenvalue weighted by Gasteiger charge is 2.09. The van der Waals surface area contributed by atoms with E-state index in [1.807, 2.05) is 32.0 Å². The van der Waals surface area contributed by atoms with Crippen LogP contribution in [-0.2, 0) is 21.1 Å². The van der Waals surface area contributed by atoms with Gasteiger partial charge in [0.1, 0.15) is 0 Å². The van der Waals surface area contributed by atoms with Crippen molar-refractivity contribution in [3.05, 3.63) is 59.2 Å². The fraction of sp³-hybridized carbons (Fsp3) is 0.235. The molecule has 0 spiro atoms. The number of sulfone groups is 1. The average Bonchev–Trinajstić information content (AvgIpc) is 2.43. The zero-order chi connectivity index (χ0) is 16.3. The van der Waals surface area contributed by atoms with Gasteiger partial charge in [0.2, 0.25) is 5.91 Å². The van der Waals surface area contributed by atoms with Crippen LogP contribution in [0.3, 0.4) is 0 Å². The lowest BCUT2D eigenvalue weighted by Gasteiger charge is -2.10. The molecule has 116 valence electrons. The van der Waals surface area contributed by atoms with Crippen molar-refractivity contribution in [3.63, 3.8) is 0 Å². The van der Waals surface area contributed by atoms with Gasteiger partial charge in [0.15, 0.2) is 9.84 Å². The number of aryl methyl sites for hydroxylation is 1. The fourth-order valence-corrected chi connectivity index (χ4v) is 2.75. The molecule has 2 aromatic rings. The zero-order valence-corrected chi connectivity index (χ0v) is 13.7. The summed E-state index contributed by atoms with van der Waals surface area (Å²) in [5.41, 5.74) is 3.74. The van der Waals surface area contributed by atoms with Crippen LogP contribution in [0.2, 0.25) is 0 Å². The molecule has 0 aromatic heterocycles. The molecule has 0 bridgehead atoms. The molecule has 0 heterocycles. The van der Waals surface area contributed by atoms with Gasteiger partial charge in [-0.05, 0) is 48.7 Å². The van der Waals surface area contributed by atoms with Crippen LogP contribution in [0, 0.1) is 13.8 Å². The Balaban J connectivity index is 2.08. The van der Waals surface area contributed by atoms with Gasteiger partial charge in [-0.2, -0.15) is 0 Å². The van der Waals surface area contributed by atoms with E-state index in [1.54, 1.807) is 12.1 Å². The molecule has 0 saturated heterocycles. The second-order valence-electron chi connectivity index (χ2n) is 5.39. The van der Waals surface area contributed by atoms with E-state index in [-0.39, 0.29) is 17.2 Å². The van der Waals surface area contributed by atoms with Gasteiger partial charge >= 0.3 is 0 Å². The number of hydrogen-bond acceptors (Lipinski definition) is 3. The first kappa shape index (κ1) is 16.2. The molecule has 0 fully saturated rings. The van der Waals surface area contributed by atoms with Crippen molar-refractivity contribution in [1.29, 1.82) is 0 Å². The number of hydrogen-bond donors (Lipinski definition) is 1. The Kier molecular flexibility index (Phi) is 4.66. The molecular formula is C17H19NO3S. The largest absolute Gasteiger partial charge is 0.326 e. The van der Waals surface area contributed by atoms with E-state index in [1.165, 1.54) is 12.1 Å². The minimum Gasteiger partial charge on any atom is -0.326 e. The molecule has 0 aliphatic heterocycles. The van der Waals surface area contributed by atoms with Crippen molar-refractivity contribution in [2.24, 2.45) is 0 Å². The Hall–Kier alpha value is -2.14. The van der Waals surface area contributed by atoms with E-state index in [2.05, 4.69) is 5.32 Å². The minimum absolute atomic E-state index is 0.124. The van der Waals surface area contributed by atoms with E-state index < -0.39 is 9.84 Å². The maximum Gasteiger partial charge on any atom is 0.228 e. The number of amides is 1. The summed E-state index contributed by atoms with van der Waals surface area (Å²) in [5.74, 6) is -0.124. The third kappa shape index (κ3) is 3.95. The maximum absolute atomic E-state index is 12.1. The summed E-state index contributed by atoms with van der Waals surface area (Å²) in [6, 6.07) is 12.1. The predicted octanol–water partition coefficient (Wildman–Crippen LogP) is 2.89. The number of carbonyl (C=O) groups excluding carboxylic acids is 1. The van der Waals surface area contributed by atoms with Gasteiger partial charge in [0, 0.05) is 11.9 Å². The lowest BCUT2D eigenvalue weighted by Crippen LogP contribution is -2.15. The van der Waals surface area contributed by atoms with Crippen LogP contribution in [0.4, 0.5) is 5.69 Å². The summed E-state index contributed by atoms with van der Waals surface area (Å²) >= 11 is 0. The summed E-state index contributed by atoms with van der Waals surface area (Å²) in [4.78, 5) is 12.4. The van der Waals surface area contributed by atoms with Gasteiger partial charge in [-0.25, -0.2) is 8.42 Å². The van der Waals surface area contributed by atoms with Crippen molar-refractivity contribution < 1.29 is 13.2 Å². The zero-order valence-electron chi connectivity index (χ0n) is 12.9. The molecule has 2 rings (SSSR count). The monoisotopic (exact) mass is 317 g/mol. The van der Waals surface area contributed by atoms with Gasteiger partial charge in [-0.15, -0.1) is 0 Å². The number of benzene rings is 2. The van der Waals surface area contributed by atoms with Crippen molar-refractivity contribution in [2.75, 3.05) is 11.6 Å². The van der Waals surface area contributed by atoms with Crippen LogP contribution in [0.1, 0.15) is 16.7 Å². The van der Waals surface area contributed by atoms with Crippen LogP contribution in [0.15, 0.2) is 47.4 Å². The minimum atomic E-state index is -3.21. The standard InChI is InChI=1S/C17H19NO3S/c1-12-5-4-6-16(13(12)2)18-17(19)11-14-7-9-15(10-8-14)22(3,20)21/h4-10H,11H2,1-3H3,(H,18,19). The van der Waals surface area contributed by atoms with Crippen LogP contribution >= 0.6 is 0 Å². The Bertz CT molecular complexity index is 793. The Morgan fingerprint density at radius 3 is 2.27 bits per heavy atom. The fourth-order valence-electron chi connectivity index (χ4n) is 2.12. The summed E-state index contributed by atoms with van der Waals surface area (Å²) in [6.45, 7) is 3.96. The molecule has 4 nitrogen and oxygen atoms in total. The summed E-state index contributed by atoms with van der Waals surface area (Å²) in [6.07, 6.45) is 1.37. The molecule has 22 heavy (non-hydrogen) atoms. The number of nitrogens with one attached hydrogen (secondary N) is 1. The number of rotatable bonds is 4. The highest BCUT2D eigenvalue weighted by Crippen LogP contribution is 2.18. The van der Waals surface area contributed by atoms with E-state index in [0.29, 0.717) is 0 Å². The summed E-state index contributed by atoms with van der Waals surface area (Å²) < 4.78 is 22.8. The third-order valence-corrected chi connectivity index (χ3v) is 4.72. The molecule has 1 amide bonds. The first-order valence-corrected chi connectivity index (χ1v) is 8.81. The van der Waals surface area contributed by atoms with Crippen molar-refractivity contribution >= 4 is 21.4 Å². The summed E-state index contributed by atoms with van der Waals surface area (Å²) in [5, 5.41) is 2.89. The molecular weight excluding hydrogens is 298 g/mol. The van der Waals surface area contributed by atoms with Gasteiger partial charge in [0.25, 0.3) is 0 Å². The molecule has 2 aromatic carbocycles. The van der Waals surface area contributed by atoms with Gasteiger partial charge in [-0.3, -0.25) is 4.79 Å². The molecule has 0 aliphatic carbocycles. The molecule has 0 aliphatic rings. The molecule has 5 heteroatoms. The molecule has 0 saturated carbocycles. The Morgan fingerprint density at radius 2 is 1.68 bits per heavy atom. The normalized spacial score (nSPS) is 11.2. The van der Waals surface area contributed by atoms with Crippen LogP contribution in [0.25, 0.3) is 0 Å². The lowest BCUT2D eigenvalue weighted by molar-refractivity contribution is -0.115. The number of carbonyl (C=O) groups is 1. The average molecular weight is 317 g/mol. The van der Waals surface area contributed by atoms with E-state index in [9.17, 15) is 13.2 Å². The van der Waals surface area contributed by atoms with E-state index in [4.69, 9.17) is 0 Å². The van der Waals surface area contributed by atoms with E-state index in [0.717, 1.165) is 28.6 Å². The Labute approximate surface area is 131 Å². The topological polar surface area (TPSA) is 63.2 Å². The Morgan fingerprint density at radius 1 is 1.05 bits per heavy atom. The molecule has 0 unspecified atom stereocenters. The van der Waals surface area contributed by atoms with Gasteiger partial charge in [-0.1, -0.05) is 24.3 Å². The smallest absolute Gasteiger partial charge is 0.228 e. The quantitative estimate of drug-likeness (QED) is 0.943. The highest BCUT2D eigenvalue weighted by atomic mass is 32.2. The second-order valence-corrected chi connectivity index (χ2v) is 7.40. The van der Waals surface area contributed by atoms with Crippen molar-refractivity contribution in [2.45, 2.75) is 25.2 Å². The first-order valence-electron chi connectivity index (χ1n) is 6.92.